The zero-order valence-electron chi connectivity index (χ0n) is 12.4. The van der Waals surface area contributed by atoms with Crippen molar-refractivity contribution in [1.82, 2.24) is 9.97 Å². The summed E-state index contributed by atoms with van der Waals surface area (Å²) in [5, 5.41) is 0. The zero-order chi connectivity index (χ0) is 14.7. The molecule has 0 aliphatic carbocycles. The molecule has 1 heterocycles. The topological polar surface area (TPSA) is 61.0 Å². The van der Waals surface area contributed by atoms with Crippen LogP contribution in [0.3, 0.4) is 0 Å². The summed E-state index contributed by atoms with van der Waals surface area (Å²) in [6, 6.07) is 8.04. The quantitative estimate of drug-likeness (QED) is 0.909. The van der Waals surface area contributed by atoms with Crippen LogP contribution in [0.4, 0.5) is 5.82 Å². The van der Waals surface area contributed by atoms with Crippen LogP contribution in [0.15, 0.2) is 30.6 Å². The van der Waals surface area contributed by atoms with Gasteiger partial charge < -0.3 is 10.5 Å². The van der Waals surface area contributed by atoms with Gasteiger partial charge in [-0.15, -0.1) is 0 Å². The summed E-state index contributed by atoms with van der Waals surface area (Å²) in [7, 11) is 0. The number of ether oxygens (including phenoxy) is 1. The number of anilines is 1. The molecule has 0 radical (unpaired) electrons. The Balaban J connectivity index is 2.35. The van der Waals surface area contributed by atoms with E-state index in [1.807, 2.05) is 32.0 Å². The highest BCUT2D eigenvalue weighted by atomic mass is 16.5. The maximum Gasteiger partial charge on any atom is 0.227 e. The van der Waals surface area contributed by atoms with E-state index in [4.69, 9.17) is 10.5 Å². The van der Waals surface area contributed by atoms with Crippen LogP contribution in [-0.2, 0) is 0 Å². The number of benzene rings is 1. The standard InChI is InChI=1S/C16H21N3O/c1-10(2)12-6-5-7-13(8-12)20-16-14(11(3)4)15(17)18-9-19-16/h5-11H,1-4H3,(H2,17,18,19). The summed E-state index contributed by atoms with van der Waals surface area (Å²) >= 11 is 0. The molecular weight excluding hydrogens is 250 g/mol. The van der Waals surface area contributed by atoms with Crippen molar-refractivity contribution in [1.29, 1.82) is 0 Å². The van der Waals surface area contributed by atoms with Gasteiger partial charge in [0.2, 0.25) is 5.88 Å². The van der Waals surface area contributed by atoms with Gasteiger partial charge in [-0.3, -0.25) is 0 Å². The number of nitrogens with zero attached hydrogens (tertiary/aromatic N) is 2. The van der Waals surface area contributed by atoms with Gasteiger partial charge in [-0.1, -0.05) is 39.8 Å². The van der Waals surface area contributed by atoms with E-state index in [-0.39, 0.29) is 5.92 Å². The van der Waals surface area contributed by atoms with Crippen molar-refractivity contribution in [3.05, 3.63) is 41.7 Å². The lowest BCUT2D eigenvalue weighted by Gasteiger charge is -2.14. The molecule has 2 rings (SSSR count). The maximum atomic E-state index is 5.92. The fraction of sp³-hybridized carbons (Fsp3) is 0.375. The molecule has 0 amide bonds. The van der Waals surface area contributed by atoms with E-state index in [0.717, 1.165) is 11.3 Å². The summed E-state index contributed by atoms with van der Waals surface area (Å²) in [6.45, 7) is 8.40. The van der Waals surface area contributed by atoms with Crippen LogP contribution >= 0.6 is 0 Å². The third kappa shape index (κ3) is 3.07. The Morgan fingerprint density at radius 3 is 2.45 bits per heavy atom. The molecule has 2 N–H and O–H groups in total. The second-order valence-corrected chi connectivity index (χ2v) is 5.46. The van der Waals surface area contributed by atoms with Gasteiger partial charge in [-0.25, -0.2) is 9.97 Å². The van der Waals surface area contributed by atoms with Crippen molar-refractivity contribution in [2.45, 2.75) is 39.5 Å². The van der Waals surface area contributed by atoms with E-state index < -0.39 is 0 Å². The largest absolute Gasteiger partial charge is 0.439 e. The Morgan fingerprint density at radius 2 is 1.80 bits per heavy atom. The highest BCUT2D eigenvalue weighted by molar-refractivity contribution is 5.48. The second kappa shape index (κ2) is 5.90. The molecule has 0 fully saturated rings. The third-order valence-electron chi connectivity index (χ3n) is 3.19. The molecule has 106 valence electrons. The minimum absolute atomic E-state index is 0.208. The van der Waals surface area contributed by atoms with Crippen molar-refractivity contribution >= 4 is 5.82 Å². The lowest BCUT2D eigenvalue weighted by Crippen LogP contribution is -2.04. The molecule has 0 aliphatic rings. The molecule has 20 heavy (non-hydrogen) atoms. The van der Waals surface area contributed by atoms with Gasteiger partial charge in [-0.2, -0.15) is 0 Å². The van der Waals surface area contributed by atoms with Crippen LogP contribution in [0.1, 0.15) is 50.7 Å². The Bertz CT molecular complexity index is 594. The summed E-state index contributed by atoms with van der Waals surface area (Å²) in [5.41, 5.74) is 8.00. The van der Waals surface area contributed by atoms with Gasteiger partial charge in [0.25, 0.3) is 0 Å². The highest BCUT2D eigenvalue weighted by Crippen LogP contribution is 2.32. The summed E-state index contributed by atoms with van der Waals surface area (Å²) in [6.07, 6.45) is 1.43. The number of hydrogen-bond acceptors (Lipinski definition) is 4. The van der Waals surface area contributed by atoms with Crippen molar-refractivity contribution in [3.63, 3.8) is 0 Å². The Morgan fingerprint density at radius 1 is 1.05 bits per heavy atom. The van der Waals surface area contributed by atoms with Crippen molar-refractivity contribution in [3.8, 4) is 11.6 Å². The predicted octanol–water partition coefficient (Wildman–Crippen LogP) is 4.10. The summed E-state index contributed by atoms with van der Waals surface area (Å²) in [5.74, 6) is 2.45. The molecule has 1 aromatic heterocycles. The molecule has 1 aromatic carbocycles. The van der Waals surface area contributed by atoms with Crippen LogP contribution in [0, 0.1) is 0 Å². The van der Waals surface area contributed by atoms with Gasteiger partial charge in [-0.05, 0) is 29.5 Å². The molecule has 0 unspecified atom stereocenters. The maximum absolute atomic E-state index is 5.92. The fourth-order valence-electron chi connectivity index (χ4n) is 2.06. The number of nitrogens with two attached hydrogens (primary N) is 1. The average Bonchev–Trinajstić information content (AvgIpc) is 2.38. The molecule has 4 nitrogen and oxygen atoms in total. The number of rotatable bonds is 4. The molecule has 0 aliphatic heterocycles. The first-order valence-electron chi connectivity index (χ1n) is 6.87. The smallest absolute Gasteiger partial charge is 0.227 e. The molecule has 0 atom stereocenters. The predicted molar refractivity (Wildman–Crippen MR) is 81.1 cm³/mol. The van der Waals surface area contributed by atoms with E-state index in [1.165, 1.54) is 11.9 Å². The van der Waals surface area contributed by atoms with Gasteiger partial charge >= 0.3 is 0 Å². The number of hydrogen-bond donors (Lipinski definition) is 1. The van der Waals surface area contributed by atoms with Gasteiger partial charge in [0.1, 0.15) is 17.9 Å². The third-order valence-corrected chi connectivity index (χ3v) is 3.19. The normalized spacial score (nSPS) is 11.1. The SMILES string of the molecule is CC(C)c1cccc(Oc2ncnc(N)c2C(C)C)c1. The first kappa shape index (κ1) is 14.3. The van der Waals surface area contributed by atoms with Gasteiger partial charge in [0, 0.05) is 0 Å². The average molecular weight is 271 g/mol. The summed E-state index contributed by atoms with van der Waals surface area (Å²) in [4.78, 5) is 8.25. The summed E-state index contributed by atoms with van der Waals surface area (Å²) < 4.78 is 5.91. The first-order valence-corrected chi connectivity index (χ1v) is 6.87. The van der Waals surface area contributed by atoms with Crippen LogP contribution in [0.5, 0.6) is 11.6 Å². The minimum Gasteiger partial charge on any atom is -0.439 e. The highest BCUT2D eigenvalue weighted by Gasteiger charge is 2.15. The van der Waals surface area contributed by atoms with E-state index >= 15 is 0 Å². The van der Waals surface area contributed by atoms with Crippen LogP contribution in [-0.4, -0.2) is 9.97 Å². The van der Waals surface area contributed by atoms with Crippen LogP contribution < -0.4 is 10.5 Å². The van der Waals surface area contributed by atoms with Crippen molar-refractivity contribution in [2.75, 3.05) is 5.73 Å². The van der Waals surface area contributed by atoms with Crippen molar-refractivity contribution in [2.24, 2.45) is 0 Å². The Labute approximate surface area is 120 Å². The Kier molecular flexibility index (Phi) is 4.23. The van der Waals surface area contributed by atoms with E-state index in [2.05, 4.69) is 29.9 Å². The van der Waals surface area contributed by atoms with Gasteiger partial charge in [0.15, 0.2) is 0 Å². The molecule has 0 spiro atoms. The lowest BCUT2D eigenvalue weighted by molar-refractivity contribution is 0.451. The molecule has 4 heteroatoms. The Hall–Kier alpha value is -2.10. The molecule has 0 bridgehead atoms. The lowest BCUT2D eigenvalue weighted by atomic mass is 10.0. The van der Waals surface area contributed by atoms with Crippen LogP contribution in [0.2, 0.25) is 0 Å². The molecule has 2 aromatic rings. The van der Waals surface area contributed by atoms with Crippen molar-refractivity contribution < 1.29 is 4.74 Å². The number of aromatic nitrogens is 2. The molecule has 0 saturated carbocycles. The molecular formula is C16H21N3O. The monoisotopic (exact) mass is 271 g/mol. The second-order valence-electron chi connectivity index (χ2n) is 5.46. The molecule has 0 saturated heterocycles. The first-order chi connectivity index (χ1) is 9.49. The number of nitrogen functional groups attached to an aromatic ring is 1. The van der Waals surface area contributed by atoms with E-state index in [0.29, 0.717) is 17.6 Å². The zero-order valence-corrected chi connectivity index (χ0v) is 12.4. The minimum atomic E-state index is 0.208. The van der Waals surface area contributed by atoms with E-state index in [1.54, 1.807) is 0 Å². The fourth-order valence-corrected chi connectivity index (χ4v) is 2.06. The van der Waals surface area contributed by atoms with Gasteiger partial charge in [0.05, 0.1) is 5.56 Å². The van der Waals surface area contributed by atoms with E-state index in [9.17, 15) is 0 Å². The van der Waals surface area contributed by atoms with Crippen LogP contribution in [0.25, 0.3) is 0 Å².